The fourth-order valence-corrected chi connectivity index (χ4v) is 2.85. The summed E-state index contributed by atoms with van der Waals surface area (Å²) in [6, 6.07) is 16.4. The number of benzene rings is 2. The number of amides is 1. The highest BCUT2D eigenvalue weighted by atomic mass is 19.4. The number of nitrogens with zero attached hydrogens (tertiary/aromatic N) is 4. The third-order valence-electron chi connectivity index (χ3n) is 4.29. The Hall–Kier alpha value is -4.28. The van der Waals surface area contributed by atoms with Crippen molar-refractivity contribution < 1.29 is 22.4 Å². The molecule has 0 aliphatic carbocycles. The molecule has 2 heterocycles. The van der Waals surface area contributed by atoms with Gasteiger partial charge in [0.25, 0.3) is 5.91 Å². The zero-order chi connectivity index (χ0) is 22.7. The van der Waals surface area contributed by atoms with E-state index in [0.29, 0.717) is 10.5 Å². The molecule has 2 aromatic heterocycles. The molecule has 4 rings (SSSR count). The van der Waals surface area contributed by atoms with Gasteiger partial charge in [0.05, 0.1) is 17.6 Å². The largest absolute Gasteiger partial charge is 0.435 e. The lowest BCUT2D eigenvalue weighted by Gasteiger charge is -2.11. The average molecular weight is 442 g/mol. The number of nitrogens with one attached hydrogen (secondary N) is 2. The maximum Gasteiger partial charge on any atom is 0.435 e. The van der Waals surface area contributed by atoms with E-state index < -0.39 is 29.3 Å². The SMILES string of the molecule is O=C(Nc1ccc(Nc2ccccc2)nc1)c1nnn(-c2ccc(F)cc2)c1C(F)(F)F. The van der Waals surface area contributed by atoms with Crippen molar-refractivity contribution in [3.05, 3.63) is 90.1 Å². The van der Waals surface area contributed by atoms with Crippen molar-refractivity contribution in [2.75, 3.05) is 10.6 Å². The van der Waals surface area contributed by atoms with Gasteiger partial charge in [-0.05, 0) is 48.5 Å². The average Bonchev–Trinajstić information content (AvgIpc) is 3.22. The minimum absolute atomic E-state index is 0.0942. The Kier molecular flexibility index (Phi) is 5.54. The zero-order valence-corrected chi connectivity index (χ0v) is 16.1. The molecule has 1 amide bonds. The van der Waals surface area contributed by atoms with E-state index in [2.05, 4.69) is 25.9 Å². The molecule has 0 saturated carbocycles. The Balaban J connectivity index is 1.56. The van der Waals surface area contributed by atoms with Crippen molar-refractivity contribution in [2.45, 2.75) is 6.18 Å². The van der Waals surface area contributed by atoms with Crippen molar-refractivity contribution >= 4 is 23.1 Å². The monoisotopic (exact) mass is 442 g/mol. The summed E-state index contributed by atoms with van der Waals surface area (Å²) in [5.41, 5.74) is -1.43. The smallest absolute Gasteiger partial charge is 0.340 e. The molecular formula is C21H14F4N6O. The van der Waals surface area contributed by atoms with Gasteiger partial charge in [-0.3, -0.25) is 4.79 Å². The number of aromatic nitrogens is 4. The highest BCUT2D eigenvalue weighted by molar-refractivity contribution is 6.03. The predicted molar refractivity (Wildman–Crippen MR) is 108 cm³/mol. The van der Waals surface area contributed by atoms with Gasteiger partial charge in [0, 0.05) is 5.69 Å². The second-order valence-electron chi connectivity index (χ2n) is 6.55. The summed E-state index contributed by atoms with van der Waals surface area (Å²) in [5, 5.41) is 12.2. The number of halogens is 4. The Morgan fingerprint density at radius 1 is 0.906 bits per heavy atom. The Morgan fingerprint density at radius 3 is 2.25 bits per heavy atom. The van der Waals surface area contributed by atoms with Crippen molar-refractivity contribution in [3.63, 3.8) is 0 Å². The van der Waals surface area contributed by atoms with Gasteiger partial charge in [-0.1, -0.05) is 23.4 Å². The van der Waals surface area contributed by atoms with E-state index in [0.717, 1.165) is 30.0 Å². The number of para-hydroxylation sites is 1. The second-order valence-corrected chi connectivity index (χ2v) is 6.55. The van der Waals surface area contributed by atoms with Gasteiger partial charge in [0.1, 0.15) is 11.6 Å². The predicted octanol–water partition coefficient (Wildman–Crippen LogP) is 4.82. The van der Waals surface area contributed by atoms with Gasteiger partial charge >= 0.3 is 6.18 Å². The molecule has 4 aromatic rings. The molecule has 0 atom stereocenters. The minimum atomic E-state index is -4.94. The van der Waals surface area contributed by atoms with Crippen LogP contribution in [0.2, 0.25) is 0 Å². The van der Waals surface area contributed by atoms with E-state index in [4.69, 9.17) is 0 Å². The quantitative estimate of drug-likeness (QED) is 0.433. The summed E-state index contributed by atoms with van der Waals surface area (Å²) in [6.07, 6.45) is -3.65. The van der Waals surface area contributed by atoms with Crippen LogP contribution in [0.1, 0.15) is 16.2 Å². The number of carbonyl (C=O) groups is 1. The zero-order valence-electron chi connectivity index (χ0n) is 16.1. The second kappa shape index (κ2) is 8.46. The Bertz CT molecular complexity index is 1220. The van der Waals surface area contributed by atoms with Crippen LogP contribution in [0.5, 0.6) is 0 Å². The van der Waals surface area contributed by atoms with E-state index in [-0.39, 0.29) is 11.4 Å². The first-order chi connectivity index (χ1) is 15.3. The number of carbonyl (C=O) groups excluding carboxylic acids is 1. The normalized spacial score (nSPS) is 11.2. The molecule has 0 saturated heterocycles. The first-order valence-electron chi connectivity index (χ1n) is 9.19. The highest BCUT2D eigenvalue weighted by Crippen LogP contribution is 2.33. The molecule has 2 aromatic carbocycles. The van der Waals surface area contributed by atoms with Crippen LogP contribution >= 0.6 is 0 Å². The summed E-state index contributed by atoms with van der Waals surface area (Å²) in [7, 11) is 0. The molecule has 7 nitrogen and oxygen atoms in total. The van der Waals surface area contributed by atoms with E-state index in [9.17, 15) is 22.4 Å². The lowest BCUT2D eigenvalue weighted by atomic mass is 10.2. The minimum Gasteiger partial charge on any atom is -0.340 e. The van der Waals surface area contributed by atoms with Crippen LogP contribution < -0.4 is 10.6 Å². The third kappa shape index (κ3) is 4.56. The number of hydrogen-bond donors (Lipinski definition) is 2. The van der Waals surface area contributed by atoms with Crippen molar-refractivity contribution in [1.29, 1.82) is 0 Å². The summed E-state index contributed by atoms with van der Waals surface area (Å²) in [5.74, 6) is -1.26. The molecule has 0 bridgehead atoms. The first kappa shape index (κ1) is 21.0. The number of anilines is 3. The molecule has 32 heavy (non-hydrogen) atoms. The third-order valence-corrected chi connectivity index (χ3v) is 4.29. The molecule has 0 spiro atoms. The number of hydrogen-bond acceptors (Lipinski definition) is 5. The van der Waals surface area contributed by atoms with Crippen LogP contribution in [0.25, 0.3) is 5.69 Å². The number of pyridine rings is 1. The Labute approximate surface area is 178 Å². The summed E-state index contributed by atoms with van der Waals surface area (Å²) in [6.45, 7) is 0. The number of rotatable bonds is 5. The van der Waals surface area contributed by atoms with Gasteiger partial charge in [0.15, 0.2) is 11.4 Å². The van der Waals surface area contributed by atoms with Crippen molar-refractivity contribution in [1.82, 2.24) is 20.0 Å². The van der Waals surface area contributed by atoms with E-state index >= 15 is 0 Å². The van der Waals surface area contributed by atoms with Crippen LogP contribution in [-0.2, 0) is 6.18 Å². The molecule has 2 N–H and O–H groups in total. The molecule has 0 fully saturated rings. The summed E-state index contributed by atoms with van der Waals surface area (Å²) < 4.78 is 54.6. The molecule has 0 radical (unpaired) electrons. The van der Waals surface area contributed by atoms with Crippen LogP contribution in [0.3, 0.4) is 0 Å². The van der Waals surface area contributed by atoms with Crippen LogP contribution in [0, 0.1) is 5.82 Å². The molecule has 0 unspecified atom stereocenters. The Morgan fingerprint density at radius 2 is 1.62 bits per heavy atom. The van der Waals surface area contributed by atoms with E-state index in [1.54, 1.807) is 6.07 Å². The van der Waals surface area contributed by atoms with Gasteiger partial charge in [-0.15, -0.1) is 5.10 Å². The van der Waals surface area contributed by atoms with Crippen molar-refractivity contribution in [3.8, 4) is 5.69 Å². The van der Waals surface area contributed by atoms with E-state index in [1.807, 2.05) is 30.3 Å². The van der Waals surface area contributed by atoms with Gasteiger partial charge in [-0.25, -0.2) is 14.1 Å². The molecular weight excluding hydrogens is 428 g/mol. The van der Waals surface area contributed by atoms with E-state index in [1.165, 1.54) is 12.3 Å². The van der Waals surface area contributed by atoms with Crippen molar-refractivity contribution in [2.24, 2.45) is 0 Å². The summed E-state index contributed by atoms with van der Waals surface area (Å²) in [4.78, 5) is 16.7. The lowest BCUT2D eigenvalue weighted by Crippen LogP contribution is -2.21. The number of alkyl halides is 3. The molecule has 0 aliphatic rings. The standard InChI is InChI=1S/C21H14F4N6O/c22-13-6-9-16(10-7-13)31-19(21(23,24)25)18(29-30-31)20(32)28-15-8-11-17(26-12-15)27-14-4-2-1-3-5-14/h1-12H,(H,26,27)(H,28,32). The fraction of sp³-hybridized carbons (Fsp3) is 0.0476. The molecule has 162 valence electrons. The lowest BCUT2D eigenvalue weighted by molar-refractivity contribution is -0.143. The maximum absolute atomic E-state index is 13.7. The fourth-order valence-electron chi connectivity index (χ4n) is 2.85. The highest BCUT2D eigenvalue weighted by Gasteiger charge is 2.42. The molecule has 0 aliphatic heterocycles. The van der Waals surface area contributed by atoms with Gasteiger partial charge < -0.3 is 10.6 Å². The van der Waals surface area contributed by atoms with Crippen LogP contribution in [0.4, 0.5) is 34.8 Å². The first-order valence-corrected chi connectivity index (χ1v) is 9.19. The van der Waals surface area contributed by atoms with Crippen LogP contribution in [0.15, 0.2) is 72.9 Å². The van der Waals surface area contributed by atoms with Crippen LogP contribution in [-0.4, -0.2) is 25.9 Å². The summed E-state index contributed by atoms with van der Waals surface area (Å²) >= 11 is 0. The topological polar surface area (TPSA) is 84.7 Å². The molecule has 11 heteroatoms. The van der Waals surface area contributed by atoms with Gasteiger partial charge in [-0.2, -0.15) is 13.2 Å². The maximum atomic E-state index is 13.7. The van der Waals surface area contributed by atoms with Gasteiger partial charge in [0.2, 0.25) is 0 Å².